The van der Waals surface area contributed by atoms with Gasteiger partial charge in [-0.2, -0.15) is 0 Å². The highest BCUT2D eigenvalue weighted by Gasteiger charge is 2.31. The van der Waals surface area contributed by atoms with Crippen LogP contribution in [0.2, 0.25) is 0 Å². The molecule has 6 heteroatoms. The maximum atomic E-state index is 13.2. The molecule has 1 aliphatic carbocycles. The fraction of sp³-hybridized carbons (Fsp3) is 0.179. The van der Waals surface area contributed by atoms with Crippen molar-refractivity contribution in [1.82, 2.24) is 10.2 Å². The second-order valence-electron chi connectivity index (χ2n) is 8.43. The predicted molar refractivity (Wildman–Crippen MR) is 134 cm³/mol. The average Bonchev–Trinajstić information content (AvgIpc) is 3.23. The first-order valence-corrected chi connectivity index (χ1v) is 11.2. The van der Waals surface area contributed by atoms with E-state index in [4.69, 9.17) is 15.9 Å². The highest BCUT2D eigenvalue weighted by atomic mass is 16.2. The van der Waals surface area contributed by atoms with Gasteiger partial charge in [-0.1, -0.05) is 73.7 Å². The summed E-state index contributed by atoms with van der Waals surface area (Å²) in [6.07, 6.45) is 3.72. The summed E-state index contributed by atoms with van der Waals surface area (Å²) < 4.78 is 0. The van der Waals surface area contributed by atoms with Gasteiger partial charge in [-0.15, -0.1) is 0 Å². The lowest BCUT2D eigenvalue weighted by molar-refractivity contribution is -0.126. The van der Waals surface area contributed by atoms with E-state index in [1.165, 1.54) is 22.3 Å². The molecule has 0 saturated heterocycles. The number of nitrogens with zero attached hydrogens (tertiary/aromatic N) is 1. The quantitative estimate of drug-likeness (QED) is 0.311. The number of amidine groups is 1. The molecule has 3 aromatic rings. The molecule has 0 aromatic heterocycles. The second kappa shape index (κ2) is 9.75. The van der Waals surface area contributed by atoms with E-state index >= 15 is 0 Å². The van der Waals surface area contributed by atoms with E-state index in [1.807, 2.05) is 38.0 Å². The smallest absolute Gasteiger partial charge is 0.251 e. The van der Waals surface area contributed by atoms with Gasteiger partial charge in [0.05, 0.1) is 0 Å². The molecule has 5 rings (SSSR count). The average molecular weight is 453 g/mol. The number of allylic oxidation sites excluding steroid dienone is 1. The molecular weight excluding hydrogens is 424 g/mol. The van der Waals surface area contributed by atoms with Crippen LogP contribution < -0.4 is 11.1 Å². The first kappa shape index (κ1) is 23.0. The number of carbonyl (C=O) groups excluding carboxylic acids is 2. The normalized spacial score (nSPS) is 15.9. The monoisotopic (exact) mass is 452 g/mol. The van der Waals surface area contributed by atoms with E-state index in [0.29, 0.717) is 12.1 Å². The molecule has 34 heavy (non-hydrogen) atoms. The van der Waals surface area contributed by atoms with Gasteiger partial charge in [0.25, 0.3) is 5.91 Å². The minimum Gasteiger partial charge on any atom is -0.384 e. The van der Waals surface area contributed by atoms with Crippen LogP contribution in [-0.4, -0.2) is 23.4 Å². The molecule has 1 aliphatic heterocycles. The Balaban J connectivity index is 0.00000133. The van der Waals surface area contributed by atoms with Gasteiger partial charge in [-0.25, -0.2) is 0 Å². The van der Waals surface area contributed by atoms with E-state index in [2.05, 4.69) is 58.9 Å². The lowest BCUT2D eigenvalue weighted by atomic mass is 9.96. The minimum absolute atomic E-state index is 0.000155. The zero-order chi connectivity index (χ0) is 24.2. The second-order valence-corrected chi connectivity index (χ2v) is 8.43. The maximum Gasteiger partial charge on any atom is 0.251 e. The van der Waals surface area contributed by atoms with E-state index in [0.717, 1.165) is 29.7 Å². The molecule has 0 radical (unpaired) electrons. The lowest BCUT2D eigenvalue weighted by Crippen LogP contribution is -2.42. The van der Waals surface area contributed by atoms with Crippen LogP contribution in [0.4, 0.5) is 0 Å². The van der Waals surface area contributed by atoms with Gasteiger partial charge in [0.1, 0.15) is 18.7 Å². The van der Waals surface area contributed by atoms with Gasteiger partial charge in [0.2, 0.25) is 0 Å². The number of rotatable bonds is 5. The molecule has 6 nitrogen and oxygen atoms in total. The molecule has 0 bridgehead atoms. The number of hydrogen-bond donors (Lipinski definition) is 3. The van der Waals surface area contributed by atoms with Gasteiger partial charge in [0.15, 0.2) is 0 Å². The summed E-state index contributed by atoms with van der Waals surface area (Å²) in [4.78, 5) is 23.3. The molecule has 0 fully saturated rings. The van der Waals surface area contributed by atoms with Crippen molar-refractivity contribution in [3.8, 4) is 11.1 Å². The van der Waals surface area contributed by atoms with Crippen molar-refractivity contribution in [2.45, 2.75) is 32.4 Å². The summed E-state index contributed by atoms with van der Waals surface area (Å²) in [6.45, 7) is 4.63. The zero-order valence-corrected chi connectivity index (χ0v) is 19.2. The number of amides is 1. The highest BCUT2D eigenvalue weighted by molar-refractivity contribution is 5.94. The molecule has 1 unspecified atom stereocenters. The number of carbonyl (C=O) groups is 2. The third-order valence-electron chi connectivity index (χ3n) is 6.33. The molecular formula is C28H28N4O2. The van der Waals surface area contributed by atoms with Crippen LogP contribution in [0.5, 0.6) is 0 Å². The van der Waals surface area contributed by atoms with Crippen molar-refractivity contribution >= 4 is 18.5 Å². The van der Waals surface area contributed by atoms with Crippen molar-refractivity contribution in [2.24, 2.45) is 5.73 Å². The van der Waals surface area contributed by atoms with Gasteiger partial charge in [0, 0.05) is 24.0 Å². The number of fused-ring (bicyclic) bond motifs is 3. The number of nitrogen functional groups attached to an aromatic ring is 1. The topological polar surface area (TPSA) is 99.3 Å². The van der Waals surface area contributed by atoms with Gasteiger partial charge >= 0.3 is 0 Å². The molecule has 4 N–H and O–H groups in total. The number of nitrogens with two attached hydrogens (primary N) is 1. The van der Waals surface area contributed by atoms with E-state index in [-0.39, 0.29) is 11.7 Å². The van der Waals surface area contributed by atoms with Crippen molar-refractivity contribution in [2.75, 3.05) is 0 Å². The third kappa shape index (κ3) is 4.35. The molecule has 0 spiro atoms. The van der Waals surface area contributed by atoms with Crippen molar-refractivity contribution in [3.63, 3.8) is 0 Å². The Hall–Kier alpha value is -4.19. The lowest BCUT2D eigenvalue weighted by Gasteiger charge is -2.35. The molecule has 1 atom stereocenters. The summed E-state index contributed by atoms with van der Waals surface area (Å²) in [5, 5.41) is 10.7. The third-order valence-corrected chi connectivity index (χ3v) is 6.33. The van der Waals surface area contributed by atoms with Crippen LogP contribution in [0.25, 0.3) is 11.1 Å². The molecule has 0 saturated carbocycles. The Bertz CT molecular complexity index is 1260. The van der Waals surface area contributed by atoms with Crippen LogP contribution in [0.15, 0.2) is 78.6 Å². The van der Waals surface area contributed by atoms with Crippen molar-refractivity contribution in [3.05, 3.63) is 106 Å². The number of benzene rings is 3. The number of nitrogens with one attached hydrogen (secondary N) is 2. The van der Waals surface area contributed by atoms with E-state index in [1.54, 1.807) is 0 Å². The largest absolute Gasteiger partial charge is 0.384 e. The van der Waals surface area contributed by atoms with Crippen molar-refractivity contribution < 1.29 is 9.59 Å². The summed E-state index contributed by atoms with van der Waals surface area (Å²) in [5.74, 6) is 0.0549. The Morgan fingerprint density at radius 3 is 2.47 bits per heavy atom. The van der Waals surface area contributed by atoms with Crippen LogP contribution in [0.3, 0.4) is 0 Å². The standard InChI is InChI=1S/C27H26N4O.CH2O/c1-2-22-16-31(15-17-7-9-18(10-8-17)26(28)29)25(27(32)30-22)20-11-12-24-21(14-20)13-19-5-3-4-6-23(19)24;1-2/h3-12,14,16,25H,2,13,15H2,1H3,(H3,28,29)(H,30,32);1H2. The Morgan fingerprint density at radius 2 is 1.76 bits per heavy atom. The first-order chi connectivity index (χ1) is 16.5. The fourth-order valence-electron chi connectivity index (χ4n) is 4.68. The highest BCUT2D eigenvalue weighted by Crippen LogP contribution is 2.39. The SMILES string of the molecule is C=O.CCC1=CN(Cc2ccc(C(=N)N)cc2)C(c2ccc3c(c2)Cc2ccccc2-3)C(=O)N1. The number of hydrogen-bond acceptors (Lipinski definition) is 4. The Kier molecular flexibility index (Phi) is 6.59. The van der Waals surface area contributed by atoms with Crippen LogP contribution >= 0.6 is 0 Å². The molecule has 1 amide bonds. The summed E-state index contributed by atoms with van der Waals surface area (Å²) in [7, 11) is 0. The minimum atomic E-state index is -0.396. The van der Waals surface area contributed by atoms with Gasteiger partial charge in [-0.05, 0) is 46.2 Å². The van der Waals surface area contributed by atoms with Crippen LogP contribution in [0, 0.1) is 5.41 Å². The summed E-state index contributed by atoms with van der Waals surface area (Å²) in [5.41, 5.74) is 14.4. The zero-order valence-electron chi connectivity index (χ0n) is 19.2. The predicted octanol–water partition coefficient (Wildman–Crippen LogP) is 4.28. The van der Waals surface area contributed by atoms with E-state index < -0.39 is 6.04 Å². The van der Waals surface area contributed by atoms with Crippen LogP contribution in [0.1, 0.15) is 47.2 Å². The summed E-state index contributed by atoms with van der Waals surface area (Å²) in [6, 6.07) is 22.2. The summed E-state index contributed by atoms with van der Waals surface area (Å²) >= 11 is 0. The van der Waals surface area contributed by atoms with Gasteiger partial charge in [-0.3, -0.25) is 10.2 Å². The van der Waals surface area contributed by atoms with Crippen molar-refractivity contribution in [1.29, 1.82) is 5.41 Å². The first-order valence-electron chi connectivity index (χ1n) is 11.2. The van der Waals surface area contributed by atoms with E-state index in [9.17, 15) is 4.79 Å². The Morgan fingerprint density at radius 1 is 1.06 bits per heavy atom. The van der Waals surface area contributed by atoms with Crippen LogP contribution in [-0.2, 0) is 22.6 Å². The van der Waals surface area contributed by atoms with Gasteiger partial charge < -0.3 is 20.7 Å². The fourth-order valence-corrected chi connectivity index (χ4v) is 4.68. The molecule has 1 heterocycles. The Labute approximate surface area is 199 Å². The molecule has 3 aromatic carbocycles. The molecule has 172 valence electrons. The maximum absolute atomic E-state index is 13.2. The molecule has 2 aliphatic rings.